The van der Waals surface area contributed by atoms with E-state index in [9.17, 15) is 4.79 Å². The molecule has 4 heteroatoms. The molecule has 1 aliphatic rings. The van der Waals surface area contributed by atoms with E-state index in [0.717, 1.165) is 28.9 Å². The van der Waals surface area contributed by atoms with Crippen LogP contribution in [0.5, 0.6) is 0 Å². The molecule has 1 aromatic carbocycles. The van der Waals surface area contributed by atoms with E-state index in [-0.39, 0.29) is 5.78 Å². The van der Waals surface area contributed by atoms with Gasteiger partial charge in [0.1, 0.15) is 0 Å². The Kier molecular flexibility index (Phi) is 5.27. The van der Waals surface area contributed by atoms with Crippen LogP contribution < -0.4 is 0 Å². The molecule has 1 heterocycles. The maximum absolute atomic E-state index is 12.2. The number of Topliss-reactive ketones (excluding diaryl/α,β-unsaturated/α-hetero) is 1. The van der Waals surface area contributed by atoms with E-state index >= 15 is 0 Å². The van der Waals surface area contributed by atoms with Crippen molar-refractivity contribution in [2.45, 2.75) is 18.6 Å². The zero-order valence-electron chi connectivity index (χ0n) is 10.6. The molecule has 98 valence electrons. The highest BCUT2D eigenvalue weighted by Crippen LogP contribution is 2.21. The lowest BCUT2D eigenvalue weighted by atomic mass is 10.1. The molecule has 0 aliphatic carbocycles. The highest BCUT2D eigenvalue weighted by molar-refractivity contribution is 9.10. The van der Waals surface area contributed by atoms with Crippen LogP contribution >= 0.6 is 27.7 Å². The molecule has 18 heavy (non-hydrogen) atoms. The van der Waals surface area contributed by atoms with Crippen LogP contribution in [0.25, 0.3) is 0 Å². The molecule has 0 spiro atoms. The maximum atomic E-state index is 12.2. The maximum Gasteiger partial charge on any atom is 0.176 e. The van der Waals surface area contributed by atoms with Crippen molar-refractivity contribution in [3.8, 4) is 0 Å². The molecule has 0 amide bonds. The lowest BCUT2D eigenvalue weighted by Crippen LogP contribution is -2.40. The van der Waals surface area contributed by atoms with Crippen molar-refractivity contribution in [2.24, 2.45) is 0 Å². The summed E-state index contributed by atoms with van der Waals surface area (Å²) in [6.07, 6.45) is 1.19. The van der Waals surface area contributed by atoms with Crippen molar-refractivity contribution in [3.63, 3.8) is 0 Å². The number of carbonyl (C=O) groups excluding carboxylic acids is 1. The van der Waals surface area contributed by atoms with Gasteiger partial charge in [0.05, 0.1) is 6.54 Å². The molecule has 1 unspecified atom stereocenters. The van der Waals surface area contributed by atoms with Crippen molar-refractivity contribution in [2.75, 3.05) is 25.4 Å². The van der Waals surface area contributed by atoms with E-state index in [1.807, 2.05) is 36.0 Å². The fourth-order valence-corrected chi connectivity index (χ4v) is 3.61. The second-order valence-corrected chi connectivity index (χ2v) is 6.89. The zero-order valence-corrected chi connectivity index (χ0v) is 13.0. The van der Waals surface area contributed by atoms with Gasteiger partial charge in [-0.15, -0.1) is 0 Å². The zero-order chi connectivity index (χ0) is 13.0. The molecule has 2 rings (SSSR count). The van der Waals surface area contributed by atoms with Crippen molar-refractivity contribution in [1.82, 2.24) is 4.90 Å². The monoisotopic (exact) mass is 327 g/mol. The summed E-state index contributed by atoms with van der Waals surface area (Å²) < 4.78 is 1.01. The Bertz CT molecular complexity index is 407. The summed E-state index contributed by atoms with van der Waals surface area (Å²) in [5.41, 5.74) is 0.810. The second kappa shape index (κ2) is 6.73. The van der Waals surface area contributed by atoms with Gasteiger partial charge in [-0.2, -0.15) is 11.8 Å². The van der Waals surface area contributed by atoms with Crippen LogP contribution in [0, 0.1) is 0 Å². The van der Waals surface area contributed by atoms with E-state index in [0.29, 0.717) is 11.8 Å². The van der Waals surface area contributed by atoms with Crippen molar-refractivity contribution in [3.05, 3.63) is 34.3 Å². The van der Waals surface area contributed by atoms with E-state index in [1.54, 1.807) is 0 Å². The lowest BCUT2D eigenvalue weighted by Gasteiger charge is -2.31. The highest BCUT2D eigenvalue weighted by atomic mass is 79.9. The number of hydrogen-bond donors (Lipinski definition) is 0. The minimum atomic E-state index is 0.226. The van der Waals surface area contributed by atoms with Crippen LogP contribution in [0.3, 0.4) is 0 Å². The minimum Gasteiger partial charge on any atom is -0.294 e. The third-order valence-electron chi connectivity index (χ3n) is 3.21. The normalized spacial score (nSPS) is 20.9. The molecule has 0 aromatic heterocycles. The summed E-state index contributed by atoms with van der Waals surface area (Å²) in [5.74, 6) is 1.37. The van der Waals surface area contributed by atoms with Gasteiger partial charge in [0.2, 0.25) is 0 Å². The Hall–Kier alpha value is -0.320. The predicted molar refractivity (Wildman–Crippen MR) is 81.4 cm³/mol. The van der Waals surface area contributed by atoms with E-state index in [1.165, 1.54) is 6.42 Å². The molecular formula is C14H18BrNOS. The molecule has 1 atom stereocenters. The predicted octanol–water partition coefficient (Wildman–Crippen LogP) is 3.46. The summed E-state index contributed by atoms with van der Waals surface area (Å²) in [5, 5.41) is 0.691. The first-order valence-corrected chi connectivity index (χ1v) is 8.16. The van der Waals surface area contributed by atoms with Gasteiger partial charge in [-0.3, -0.25) is 9.69 Å². The summed E-state index contributed by atoms with van der Waals surface area (Å²) in [6.45, 7) is 4.85. The van der Waals surface area contributed by atoms with E-state index in [4.69, 9.17) is 0 Å². The Morgan fingerprint density at radius 1 is 1.44 bits per heavy atom. The standard InChI is InChI=1S/C14H18BrNOS/c1-2-13-9-16(7-8-18-13)10-14(17)11-3-5-12(15)6-4-11/h3-6,13H,2,7-10H2,1H3. The molecule has 1 aromatic rings. The van der Waals surface area contributed by atoms with Crippen LogP contribution in [0.4, 0.5) is 0 Å². The Balaban J connectivity index is 1.92. The summed E-state index contributed by atoms with van der Waals surface area (Å²) in [6, 6.07) is 7.63. The van der Waals surface area contributed by atoms with Gasteiger partial charge < -0.3 is 0 Å². The Morgan fingerprint density at radius 2 is 2.17 bits per heavy atom. The van der Waals surface area contributed by atoms with Crippen LogP contribution in [0.2, 0.25) is 0 Å². The van der Waals surface area contributed by atoms with Gasteiger partial charge >= 0.3 is 0 Å². The fourth-order valence-electron chi connectivity index (χ4n) is 2.10. The minimum absolute atomic E-state index is 0.226. The number of carbonyl (C=O) groups is 1. The molecular weight excluding hydrogens is 310 g/mol. The van der Waals surface area contributed by atoms with Gasteiger partial charge in [0, 0.05) is 34.1 Å². The highest BCUT2D eigenvalue weighted by Gasteiger charge is 2.21. The lowest BCUT2D eigenvalue weighted by molar-refractivity contribution is 0.0932. The van der Waals surface area contributed by atoms with Crippen molar-refractivity contribution < 1.29 is 4.79 Å². The number of hydrogen-bond acceptors (Lipinski definition) is 3. The van der Waals surface area contributed by atoms with Crippen LogP contribution in [-0.2, 0) is 0 Å². The van der Waals surface area contributed by atoms with Crippen LogP contribution in [0.1, 0.15) is 23.7 Å². The van der Waals surface area contributed by atoms with E-state index in [2.05, 4.69) is 27.8 Å². The van der Waals surface area contributed by atoms with Crippen molar-refractivity contribution >= 4 is 33.5 Å². The number of ketones is 1. The number of nitrogens with zero attached hydrogens (tertiary/aromatic N) is 1. The second-order valence-electron chi connectivity index (χ2n) is 4.57. The first-order valence-electron chi connectivity index (χ1n) is 6.31. The summed E-state index contributed by atoms with van der Waals surface area (Å²) in [7, 11) is 0. The Morgan fingerprint density at radius 3 is 2.83 bits per heavy atom. The van der Waals surface area contributed by atoms with Gasteiger partial charge in [-0.25, -0.2) is 0 Å². The molecule has 0 N–H and O–H groups in total. The molecule has 1 fully saturated rings. The van der Waals surface area contributed by atoms with Gasteiger partial charge in [0.15, 0.2) is 5.78 Å². The topological polar surface area (TPSA) is 20.3 Å². The molecule has 2 nitrogen and oxygen atoms in total. The van der Waals surface area contributed by atoms with Gasteiger partial charge in [-0.05, 0) is 18.6 Å². The average Bonchev–Trinajstić information content (AvgIpc) is 2.39. The third kappa shape index (κ3) is 3.84. The summed E-state index contributed by atoms with van der Waals surface area (Å²) >= 11 is 5.42. The Labute approximate surface area is 121 Å². The van der Waals surface area contributed by atoms with E-state index < -0.39 is 0 Å². The fraction of sp³-hybridized carbons (Fsp3) is 0.500. The molecule has 0 saturated carbocycles. The summed E-state index contributed by atoms with van der Waals surface area (Å²) in [4.78, 5) is 14.4. The van der Waals surface area contributed by atoms with Crippen molar-refractivity contribution in [1.29, 1.82) is 0 Å². The first kappa shape index (κ1) is 14.1. The number of halogens is 1. The molecule has 1 saturated heterocycles. The van der Waals surface area contributed by atoms with Crippen LogP contribution in [-0.4, -0.2) is 41.3 Å². The molecule has 1 aliphatic heterocycles. The number of benzene rings is 1. The molecule has 0 radical (unpaired) electrons. The number of thioether (sulfide) groups is 1. The van der Waals surface area contributed by atoms with Gasteiger partial charge in [-0.1, -0.05) is 35.0 Å². The smallest absolute Gasteiger partial charge is 0.176 e. The third-order valence-corrected chi connectivity index (χ3v) is 5.11. The van der Waals surface area contributed by atoms with Gasteiger partial charge in [0.25, 0.3) is 0 Å². The largest absolute Gasteiger partial charge is 0.294 e. The quantitative estimate of drug-likeness (QED) is 0.790. The first-order chi connectivity index (χ1) is 8.69. The van der Waals surface area contributed by atoms with Crippen LogP contribution in [0.15, 0.2) is 28.7 Å². The molecule has 0 bridgehead atoms. The average molecular weight is 328 g/mol. The SMILES string of the molecule is CCC1CN(CC(=O)c2ccc(Br)cc2)CCS1. The number of rotatable bonds is 4.